The van der Waals surface area contributed by atoms with Crippen LogP contribution in [-0.2, 0) is 20.9 Å². The number of halogens is 2. The Morgan fingerprint density at radius 2 is 1.94 bits per heavy atom. The Morgan fingerprint density at radius 1 is 1.25 bits per heavy atom. The second-order valence-electron chi connectivity index (χ2n) is 9.50. The van der Waals surface area contributed by atoms with Crippen molar-refractivity contribution < 1.29 is 28.6 Å². The predicted molar refractivity (Wildman–Crippen MR) is 132 cm³/mol. The summed E-state index contributed by atoms with van der Waals surface area (Å²) in [6.45, 7) is 7.16. The lowest BCUT2D eigenvalue weighted by atomic mass is 9.88. The fraction of sp³-hybridized carbons (Fsp3) is 0.440. The molecule has 11 heteroatoms. The minimum atomic E-state index is -1.19. The first-order chi connectivity index (χ1) is 16.9. The lowest BCUT2D eigenvalue weighted by molar-refractivity contribution is -0.142. The molecular formula is C25H30ClFN4O5. The lowest BCUT2D eigenvalue weighted by Crippen LogP contribution is -2.54. The van der Waals surface area contributed by atoms with Crippen molar-refractivity contribution in [1.82, 2.24) is 14.8 Å². The first-order valence-electron chi connectivity index (χ1n) is 11.5. The van der Waals surface area contributed by atoms with E-state index in [0.717, 1.165) is 5.56 Å². The second-order valence-corrected chi connectivity index (χ2v) is 9.94. The molecule has 2 amide bonds. The molecule has 36 heavy (non-hydrogen) atoms. The van der Waals surface area contributed by atoms with Gasteiger partial charge in [0.1, 0.15) is 11.5 Å². The number of anilines is 1. The number of carboxylic acid groups (broad SMARTS) is 1. The number of ether oxygens (including phenoxy) is 1. The molecule has 1 aromatic heterocycles. The Kier molecular flexibility index (Phi) is 8.86. The van der Waals surface area contributed by atoms with Gasteiger partial charge in [0.15, 0.2) is 6.61 Å². The van der Waals surface area contributed by atoms with Crippen LogP contribution in [0.15, 0.2) is 36.5 Å². The number of benzene rings is 1. The maximum Gasteiger partial charge on any atom is 0.304 e. The Labute approximate surface area is 214 Å². The van der Waals surface area contributed by atoms with E-state index in [4.69, 9.17) is 21.4 Å². The maximum atomic E-state index is 13.1. The zero-order chi connectivity index (χ0) is 26.5. The number of aromatic nitrogens is 1. The van der Waals surface area contributed by atoms with Gasteiger partial charge in [-0.1, -0.05) is 37.6 Å². The minimum Gasteiger partial charge on any atom is -0.481 e. The number of piperazine rings is 1. The molecule has 9 nitrogen and oxygen atoms in total. The summed E-state index contributed by atoms with van der Waals surface area (Å²) in [5.41, 5.74) is -0.0397. The maximum absolute atomic E-state index is 13.1. The molecular weight excluding hydrogens is 491 g/mol. The van der Waals surface area contributed by atoms with Gasteiger partial charge in [-0.05, 0) is 30.7 Å². The highest BCUT2D eigenvalue weighted by Gasteiger charge is 2.32. The van der Waals surface area contributed by atoms with Gasteiger partial charge in [-0.25, -0.2) is 9.37 Å². The van der Waals surface area contributed by atoms with Crippen molar-refractivity contribution in [1.29, 1.82) is 0 Å². The fourth-order valence-electron chi connectivity index (χ4n) is 3.99. The van der Waals surface area contributed by atoms with Crippen molar-refractivity contribution in [2.24, 2.45) is 5.41 Å². The average Bonchev–Trinajstić information content (AvgIpc) is 2.79. The molecule has 3 rings (SSSR count). The highest BCUT2D eigenvalue weighted by atomic mass is 35.5. The number of hydrogen-bond donors (Lipinski definition) is 2. The molecule has 1 atom stereocenters. The van der Waals surface area contributed by atoms with Crippen molar-refractivity contribution in [2.75, 3.05) is 31.6 Å². The van der Waals surface area contributed by atoms with Crippen LogP contribution in [0.1, 0.15) is 32.8 Å². The van der Waals surface area contributed by atoms with Gasteiger partial charge in [-0.15, -0.1) is 0 Å². The number of nitrogens with one attached hydrogen (secondary N) is 1. The summed E-state index contributed by atoms with van der Waals surface area (Å²) in [6.07, 6.45) is 0.961. The van der Waals surface area contributed by atoms with Crippen molar-refractivity contribution in [3.8, 4) is 5.88 Å². The topological polar surface area (TPSA) is 112 Å². The van der Waals surface area contributed by atoms with Gasteiger partial charge in [-0.3, -0.25) is 19.3 Å². The summed E-state index contributed by atoms with van der Waals surface area (Å²) in [6, 6.07) is 7.74. The van der Waals surface area contributed by atoms with Gasteiger partial charge < -0.3 is 20.1 Å². The van der Waals surface area contributed by atoms with Crippen LogP contribution >= 0.6 is 11.6 Å². The van der Waals surface area contributed by atoms with Crippen LogP contribution in [-0.4, -0.2) is 70.0 Å². The average molecular weight is 521 g/mol. The minimum absolute atomic E-state index is 0.00910. The standard InChI is InChI=1S/C25H30ClFN4O5/c1-16-13-30(14-17-4-6-19(27)7-5-17)8-9-31(16)21(32)15-36-23-20(10-18(26)12-28-23)29-24(35)25(2,3)11-22(33)34/h4-7,10,12,16H,8-9,11,13-15H2,1-3H3,(H,29,35)(H,33,34)/t16-/m1/s1. The molecule has 0 unspecified atom stereocenters. The largest absolute Gasteiger partial charge is 0.481 e. The number of pyridine rings is 1. The fourth-order valence-corrected chi connectivity index (χ4v) is 4.15. The molecule has 2 N–H and O–H groups in total. The summed E-state index contributed by atoms with van der Waals surface area (Å²) < 4.78 is 18.8. The molecule has 1 aliphatic rings. The number of rotatable bonds is 9. The predicted octanol–water partition coefficient (Wildman–Crippen LogP) is 3.43. The summed E-state index contributed by atoms with van der Waals surface area (Å²) in [7, 11) is 0. The summed E-state index contributed by atoms with van der Waals surface area (Å²) >= 11 is 6.02. The van der Waals surface area contributed by atoms with Gasteiger partial charge in [0.05, 0.1) is 16.9 Å². The van der Waals surface area contributed by atoms with Gasteiger partial charge >= 0.3 is 5.97 Å². The summed E-state index contributed by atoms with van der Waals surface area (Å²) in [5.74, 6) is -2.15. The second kappa shape index (κ2) is 11.7. The third-order valence-corrected chi connectivity index (χ3v) is 6.16. The third kappa shape index (κ3) is 7.38. The van der Waals surface area contributed by atoms with Crippen LogP contribution in [0, 0.1) is 11.2 Å². The van der Waals surface area contributed by atoms with Crippen molar-refractivity contribution in [2.45, 2.75) is 39.8 Å². The Morgan fingerprint density at radius 3 is 2.58 bits per heavy atom. The van der Waals surface area contributed by atoms with E-state index in [2.05, 4.69) is 15.2 Å². The zero-order valence-electron chi connectivity index (χ0n) is 20.5. The number of amides is 2. The van der Waals surface area contributed by atoms with E-state index in [0.29, 0.717) is 26.2 Å². The van der Waals surface area contributed by atoms with E-state index in [9.17, 15) is 18.8 Å². The molecule has 0 aliphatic carbocycles. The number of carboxylic acids is 1. The first-order valence-corrected chi connectivity index (χ1v) is 11.9. The molecule has 0 saturated carbocycles. The van der Waals surface area contributed by atoms with Gasteiger partial charge in [-0.2, -0.15) is 0 Å². The highest BCUT2D eigenvalue weighted by molar-refractivity contribution is 6.30. The van der Waals surface area contributed by atoms with Crippen molar-refractivity contribution >= 4 is 35.1 Å². The quantitative estimate of drug-likeness (QED) is 0.521. The molecule has 194 valence electrons. The summed E-state index contributed by atoms with van der Waals surface area (Å²) in [5, 5.41) is 11.9. The number of carbonyl (C=O) groups is 3. The first kappa shape index (κ1) is 27.3. The molecule has 1 aliphatic heterocycles. The lowest BCUT2D eigenvalue weighted by Gasteiger charge is -2.39. The number of hydrogen-bond acceptors (Lipinski definition) is 6. The number of nitrogens with zero attached hydrogens (tertiary/aromatic N) is 3. The highest BCUT2D eigenvalue weighted by Crippen LogP contribution is 2.29. The van der Waals surface area contributed by atoms with Crippen LogP contribution in [0.25, 0.3) is 0 Å². The van der Waals surface area contributed by atoms with E-state index in [1.165, 1.54) is 38.2 Å². The molecule has 1 fully saturated rings. The number of aliphatic carboxylic acids is 1. The van der Waals surface area contributed by atoms with Crippen LogP contribution in [0.3, 0.4) is 0 Å². The van der Waals surface area contributed by atoms with Gasteiger partial charge in [0.2, 0.25) is 11.8 Å². The van der Waals surface area contributed by atoms with Crippen LogP contribution < -0.4 is 10.1 Å². The zero-order valence-corrected chi connectivity index (χ0v) is 21.2. The molecule has 1 saturated heterocycles. The van der Waals surface area contributed by atoms with E-state index in [1.807, 2.05) is 6.92 Å². The van der Waals surface area contributed by atoms with E-state index >= 15 is 0 Å². The van der Waals surface area contributed by atoms with Gasteiger partial charge in [0, 0.05) is 38.4 Å². The Bertz CT molecular complexity index is 1110. The van der Waals surface area contributed by atoms with E-state index in [-0.39, 0.29) is 47.4 Å². The van der Waals surface area contributed by atoms with Crippen LogP contribution in [0.5, 0.6) is 5.88 Å². The normalized spacial score (nSPS) is 16.5. The Hall–Kier alpha value is -3.24. The van der Waals surface area contributed by atoms with Crippen LogP contribution in [0.2, 0.25) is 5.02 Å². The molecule has 2 heterocycles. The van der Waals surface area contributed by atoms with E-state index in [1.54, 1.807) is 17.0 Å². The van der Waals surface area contributed by atoms with Crippen molar-refractivity contribution in [3.05, 3.63) is 52.9 Å². The third-order valence-electron chi connectivity index (χ3n) is 5.96. The Balaban J connectivity index is 1.58. The molecule has 0 radical (unpaired) electrons. The molecule has 0 bridgehead atoms. The SMILES string of the molecule is C[C@@H]1CN(Cc2ccc(F)cc2)CCN1C(=O)COc1ncc(Cl)cc1NC(=O)C(C)(C)CC(=O)O. The summed E-state index contributed by atoms with van der Waals surface area (Å²) in [4.78, 5) is 44.6. The molecule has 2 aromatic rings. The molecule has 0 spiro atoms. The van der Waals surface area contributed by atoms with Gasteiger partial charge in [0.25, 0.3) is 5.91 Å². The smallest absolute Gasteiger partial charge is 0.304 e. The molecule has 1 aromatic carbocycles. The monoisotopic (exact) mass is 520 g/mol. The number of carbonyl (C=O) groups excluding carboxylic acids is 2. The van der Waals surface area contributed by atoms with Crippen molar-refractivity contribution in [3.63, 3.8) is 0 Å². The van der Waals surface area contributed by atoms with E-state index < -0.39 is 17.3 Å². The van der Waals surface area contributed by atoms with Crippen LogP contribution in [0.4, 0.5) is 10.1 Å².